The van der Waals surface area contributed by atoms with Gasteiger partial charge in [0.05, 0.1) is 6.61 Å². The highest BCUT2D eigenvalue weighted by molar-refractivity contribution is 4.87. The molecule has 20 heavy (non-hydrogen) atoms. The zero-order valence-electron chi connectivity index (χ0n) is 13.7. The summed E-state index contributed by atoms with van der Waals surface area (Å²) >= 11 is 0. The van der Waals surface area contributed by atoms with Crippen molar-refractivity contribution in [2.75, 3.05) is 52.5 Å². The molecule has 0 aromatic carbocycles. The third-order valence-corrected chi connectivity index (χ3v) is 4.12. The predicted molar refractivity (Wildman–Crippen MR) is 84.0 cm³/mol. The normalized spacial score (nSPS) is 18.9. The van der Waals surface area contributed by atoms with E-state index in [0.717, 1.165) is 65.2 Å². The highest BCUT2D eigenvalue weighted by atomic mass is 16.5. The van der Waals surface area contributed by atoms with Gasteiger partial charge in [-0.15, -0.1) is 0 Å². The third-order valence-electron chi connectivity index (χ3n) is 4.12. The van der Waals surface area contributed by atoms with Crippen LogP contribution in [-0.4, -0.2) is 62.6 Å². The number of aliphatic hydroxyl groups is 1. The Labute approximate surface area is 124 Å². The number of nitrogens with one attached hydrogen (secondary N) is 1. The average molecular weight is 286 g/mol. The van der Waals surface area contributed by atoms with E-state index in [4.69, 9.17) is 4.74 Å². The SMILES string of the molecule is CCCN(CCO)CC1(CNCC(C)C)CCOCC1. The third kappa shape index (κ3) is 6.53. The van der Waals surface area contributed by atoms with E-state index < -0.39 is 0 Å². The molecule has 1 fully saturated rings. The van der Waals surface area contributed by atoms with Crippen LogP contribution in [0.5, 0.6) is 0 Å². The van der Waals surface area contributed by atoms with Crippen LogP contribution in [0.25, 0.3) is 0 Å². The lowest BCUT2D eigenvalue weighted by molar-refractivity contribution is -0.00669. The molecule has 0 atom stereocenters. The molecule has 4 heteroatoms. The van der Waals surface area contributed by atoms with Crippen molar-refractivity contribution >= 4 is 0 Å². The van der Waals surface area contributed by atoms with E-state index in [0.29, 0.717) is 11.3 Å². The standard InChI is InChI=1S/C16H34N2O2/c1-4-7-18(8-9-19)14-16(5-10-20-11-6-16)13-17-12-15(2)3/h15,17,19H,4-14H2,1-3H3. The number of nitrogens with zero attached hydrogens (tertiary/aromatic N) is 1. The Bertz CT molecular complexity index is 235. The molecule has 1 heterocycles. The Hall–Kier alpha value is -0.160. The summed E-state index contributed by atoms with van der Waals surface area (Å²) in [6.45, 7) is 13.8. The van der Waals surface area contributed by atoms with Crippen molar-refractivity contribution in [3.63, 3.8) is 0 Å². The van der Waals surface area contributed by atoms with Gasteiger partial charge in [0.15, 0.2) is 0 Å². The molecule has 0 amide bonds. The van der Waals surface area contributed by atoms with Gasteiger partial charge >= 0.3 is 0 Å². The van der Waals surface area contributed by atoms with Crippen molar-refractivity contribution in [2.45, 2.75) is 40.0 Å². The van der Waals surface area contributed by atoms with Gasteiger partial charge < -0.3 is 20.1 Å². The van der Waals surface area contributed by atoms with Crippen molar-refractivity contribution in [3.8, 4) is 0 Å². The van der Waals surface area contributed by atoms with Crippen molar-refractivity contribution in [1.29, 1.82) is 0 Å². The largest absolute Gasteiger partial charge is 0.395 e. The molecule has 0 aromatic heterocycles. The molecule has 1 rings (SSSR count). The van der Waals surface area contributed by atoms with Gasteiger partial charge in [0.2, 0.25) is 0 Å². The first kappa shape index (κ1) is 17.9. The maximum absolute atomic E-state index is 9.24. The molecule has 1 aliphatic heterocycles. The van der Waals surface area contributed by atoms with Gasteiger partial charge in [-0.2, -0.15) is 0 Å². The Balaban J connectivity index is 2.56. The number of aliphatic hydroxyl groups excluding tert-OH is 1. The first-order valence-electron chi connectivity index (χ1n) is 8.23. The first-order valence-corrected chi connectivity index (χ1v) is 8.23. The van der Waals surface area contributed by atoms with E-state index in [1.54, 1.807) is 0 Å². The minimum absolute atomic E-state index is 0.256. The topological polar surface area (TPSA) is 44.7 Å². The summed E-state index contributed by atoms with van der Waals surface area (Å²) in [5.41, 5.74) is 0.317. The fourth-order valence-corrected chi connectivity index (χ4v) is 3.02. The Morgan fingerprint density at radius 1 is 1.25 bits per heavy atom. The minimum Gasteiger partial charge on any atom is -0.395 e. The van der Waals surface area contributed by atoms with Crippen LogP contribution in [0.1, 0.15) is 40.0 Å². The van der Waals surface area contributed by atoms with E-state index in [9.17, 15) is 5.11 Å². The number of hydrogen-bond donors (Lipinski definition) is 2. The van der Waals surface area contributed by atoms with Gasteiger partial charge in [0.1, 0.15) is 0 Å². The van der Waals surface area contributed by atoms with Crippen molar-refractivity contribution in [1.82, 2.24) is 10.2 Å². The average Bonchev–Trinajstić information content (AvgIpc) is 2.40. The van der Waals surface area contributed by atoms with Crippen LogP contribution in [0.15, 0.2) is 0 Å². The molecular formula is C16H34N2O2. The van der Waals surface area contributed by atoms with Crippen molar-refractivity contribution in [2.24, 2.45) is 11.3 Å². The molecule has 0 bridgehead atoms. The Morgan fingerprint density at radius 3 is 2.50 bits per heavy atom. The summed E-state index contributed by atoms with van der Waals surface area (Å²) < 4.78 is 5.56. The summed E-state index contributed by atoms with van der Waals surface area (Å²) in [5, 5.41) is 12.9. The van der Waals surface area contributed by atoms with E-state index in [1.807, 2.05) is 0 Å². The molecule has 0 radical (unpaired) electrons. The van der Waals surface area contributed by atoms with Gasteiger partial charge in [0, 0.05) is 32.8 Å². The second-order valence-corrected chi connectivity index (χ2v) is 6.64. The van der Waals surface area contributed by atoms with E-state index in [-0.39, 0.29) is 6.61 Å². The fourth-order valence-electron chi connectivity index (χ4n) is 3.02. The fraction of sp³-hybridized carbons (Fsp3) is 1.00. The van der Waals surface area contributed by atoms with E-state index in [1.165, 1.54) is 0 Å². The maximum Gasteiger partial charge on any atom is 0.0558 e. The highest BCUT2D eigenvalue weighted by Crippen LogP contribution is 2.31. The zero-order chi connectivity index (χ0) is 14.8. The molecule has 120 valence electrons. The lowest BCUT2D eigenvalue weighted by Crippen LogP contribution is -2.48. The van der Waals surface area contributed by atoms with Gasteiger partial charge in [-0.05, 0) is 43.7 Å². The summed E-state index contributed by atoms with van der Waals surface area (Å²) in [4.78, 5) is 2.42. The summed E-state index contributed by atoms with van der Waals surface area (Å²) in [5.74, 6) is 0.691. The molecule has 1 aliphatic rings. The van der Waals surface area contributed by atoms with Gasteiger partial charge in [0.25, 0.3) is 0 Å². The van der Waals surface area contributed by atoms with Crippen molar-refractivity contribution < 1.29 is 9.84 Å². The molecule has 0 unspecified atom stereocenters. The van der Waals surface area contributed by atoms with Gasteiger partial charge in [-0.25, -0.2) is 0 Å². The summed E-state index contributed by atoms with van der Waals surface area (Å²) in [7, 11) is 0. The second-order valence-electron chi connectivity index (χ2n) is 6.64. The Kier molecular flexibility index (Phi) is 8.69. The van der Waals surface area contributed by atoms with Gasteiger partial charge in [-0.3, -0.25) is 0 Å². The van der Waals surface area contributed by atoms with E-state index >= 15 is 0 Å². The molecule has 0 aromatic rings. The summed E-state index contributed by atoms with van der Waals surface area (Å²) in [6.07, 6.45) is 3.40. The van der Waals surface area contributed by atoms with Crippen LogP contribution in [0, 0.1) is 11.3 Å². The Morgan fingerprint density at radius 2 is 1.95 bits per heavy atom. The second kappa shape index (κ2) is 9.72. The molecule has 2 N–H and O–H groups in total. The van der Waals surface area contributed by atoms with Crippen LogP contribution in [0.2, 0.25) is 0 Å². The number of ether oxygens (including phenoxy) is 1. The predicted octanol–water partition coefficient (Wildman–Crippen LogP) is 1.73. The first-order chi connectivity index (χ1) is 9.62. The highest BCUT2D eigenvalue weighted by Gasteiger charge is 2.33. The molecule has 1 saturated heterocycles. The number of rotatable bonds is 10. The molecule has 4 nitrogen and oxygen atoms in total. The lowest BCUT2D eigenvalue weighted by atomic mass is 9.79. The summed E-state index contributed by atoms with van der Waals surface area (Å²) in [6, 6.07) is 0. The van der Waals surface area contributed by atoms with Crippen LogP contribution in [0.3, 0.4) is 0 Å². The quantitative estimate of drug-likeness (QED) is 0.642. The minimum atomic E-state index is 0.256. The smallest absolute Gasteiger partial charge is 0.0558 e. The van der Waals surface area contributed by atoms with Crippen LogP contribution in [-0.2, 0) is 4.74 Å². The van der Waals surface area contributed by atoms with Gasteiger partial charge in [-0.1, -0.05) is 20.8 Å². The monoisotopic (exact) mass is 286 g/mol. The lowest BCUT2D eigenvalue weighted by Gasteiger charge is -2.41. The molecule has 0 aliphatic carbocycles. The van der Waals surface area contributed by atoms with Crippen molar-refractivity contribution in [3.05, 3.63) is 0 Å². The molecule has 0 spiro atoms. The van der Waals surface area contributed by atoms with Crippen LogP contribution >= 0.6 is 0 Å². The van der Waals surface area contributed by atoms with Crippen LogP contribution < -0.4 is 5.32 Å². The van der Waals surface area contributed by atoms with E-state index in [2.05, 4.69) is 31.0 Å². The molecule has 0 saturated carbocycles. The van der Waals surface area contributed by atoms with Crippen LogP contribution in [0.4, 0.5) is 0 Å². The molecular weight excluding hydrogens is 252 g/mol. The number of hydrogen-bond acceptors (Lipinski definition) is 4. The maximum atomic E-state index is 9.24. The zero-order valence-corrected chi connectivity index (χ0v) is 13.7.